The monoisotopic (exact) mass is 296 g/mol. The van der Waals surface area contributed by atoms with Crippen molar-refractivity contribution in [2.45, 2.75) is 19.3 Å². The van der Waals surface area contributed by atoms with Gasteiger partial charge in [-0.15, -0.1) is 0 Å². The lowest BCUT2D eigenvalue weighted by atomic mass is 10.1. The Morgan fingerprint density at radius 2 is 1.55 bits per heavy atom. The van der Waals surface area contributed by atoms with Gasteiger partial charge in [-0.3, -0.25) is 4.79 Å². The third-order valence-electron chi connectivity index (χ3n) is 4.11. The van der Waals surface area contributed by atoms with E-state index >= 15 is 0 Å². The lowest BCUT2D eigenvalue weighted by Gasteiger charge is -2.11. The van der Waals surface area contributed by atoms with Gasteiger partial charge in [-0.2, -0.15) is 0 Å². The molecule has 22 heavy (non-hydrogen) atoms. The van der Waals surface area contributed by atoms with E-state index in [4.69, 9.17) is 9.47 Å². The van der Waals surface area contributed by atoms with Gasteiger partial charge in [0.05, 0.1) is 13.7 Å². The van der Waals surface area contributed by atoms with Crippen LogP contribution < -0.4 is 9.47 Å². The summed E-state index contributed by atoms with van der Waals surface area (Å²) in [6.45, 7) is 0.633. The fraction of sp³-hybridized carbons (Fsp3) is 0.316. The molecule has 0 saturated heterocycles. The standard InChI is InChI=1S/C19H20O3/c1-21-18-8-3-15(4-9-18)16-5-10-19(11-6-16)22-13-14-2-7-17(20)12-14/h3-6,8-11,14H,2,7,12-13H2,1H3. The van der Waals surface area contributed by atoms with Crippen molar-refractivity contribution in [2.24, 2.45) is 5.92 Å². The molecule has 2 aromatic carbocycles. The number of hydrogen-bond donors (Lipinski definition) is 0. The molecule has 3 nitrogen and oxygen atoms in total. The zero-order chi connectivity index (χ0) is 15.4. The molecule has 0 radical (unpaired) electrons. The first-order valence-electron chi connectivity index (χ1n) is 7.63. The highest BCUT2D eigenvalue weighted by Crippen LogP contribution is 2.26. The Morgan fingerprint density at radius 1 is 0.955 bits per heavy atom. The number of Topliss-reactive ketones (excluding diaryl/α,β-unsaturated/α-hetero) is 1. The van der Waals surface area contributed by atoms with E-state index in [2.05, 4.69) is 12.1 Å². The molecule has 0 heterocycles. The van der Waals surface area contributed by atoms with Gasteiger partial charge in [-0.05, 0) is 41.8 Å². The molecule has 1 atom stereocenters. The molecule has 0 spiro atoms. The minimum absolute atomic E-state index is 0.364. The largest absolute Gasteiger partial charge is 0.497 e. The van der Waals surface area contributed by atoms with Crippen molar-refractivity contribution in [2.75, 3.05) is 13.7 Å². The molecule has 2 aromatic rings. The number of carbonyl (C=O) groups is 1. The number of hydrogen-bond acceptors (Lipinski definition) is 3. The number of rotatable bonds is 5. The van der Waals surface area contributed by atoms with E-state index in [-0.39, 0.29) is 0 Å². The quantitative estimate of drug-likeness (QED) is 0.833. The van der Waals surface area contributed by atoms with E-state index in [0.29, 0.717) is 31.1 Å². The third-order valence-corrected chi connectivity index (χ3v) is 4.11. The predicted molar refractivity (Wildman–Crippen MR) is 86.3 cm³/mol. The second-order valence-electron chi connectivity index (χ2n) is 5.71. The predicted octanol–water partition coefficient (Wildman–Crippen LogP) is 4.11. The SMILES string of the molecule is COc1ccc(-c2ccc(OCC3CCC(=O)C3)cc2)cc1. The lowest BCUT2D eigenvalue weighted by Crippen LogP contribution is -2.08. The van der Waals surface area contributed by atoms with Crippen LogP contribution in [0.4, 0.5) is 0 Å². The van der Waals surface area contributed by atoms with Gasteiger partial charge in [0, 0.05) is 18.8 Å². The molecule has 114 valence electrons. The minimum Gasteiger partial charge on any atom is -0.497 e. The first-order valence-corrected chi connectivity index (χ1v) is 7.63. The maximum atomic E-state index is 11.2. The van der Waals surface area contributed by atoms with E-state index < -0.39 is 0 Å². The molecule has 0 aromatic heterocycles. The molecule has 3 rings (SSSR count). The molecular formula is C19H20O3. The molecule has 0 bridgehead atoms. The lowest BCUT2D eigenvalue weighted by molar-refractivity contribution is -0.117. The Kier molecular flexibility index (Phi) is 4.42. The highest BCUT2D eigenvalue weighted by Gasteiger charge is 2.22. The maximum absolute atomic E-state index is 11.2. The van der Waals surface area contributed by atoms with Crippen molar-refractivity contribution in [3.63, 3.8) is 0 Å². The zero-order valence-electron chi connectivity index (χ0n) is 12.7. The van der Waals surface area contributed by atoms with Crippen LogP contribution in [0.1, 0.15) is 19.3 Å². The highest BCUT2D eigenvalue weighted by molar-refractivity contribution is 5.80. The number of ketones is 1. The van der Waals surface area contributed by atoms with Gasteiger partial charge in [-0.25, -0.2) is 0 Å². The van der Waals surface area contributed by atoms with Crippen molar-refractivity contribution in [1.82, 2.24) is 0 Å². The summed E-state index contributed by atoms with van der Waals surface area (Å²) in [4.78, 5) is 11.2. The summed E-state index contributed by atoms with van der Waals surface area (Å²) in [6.07, 6.45) is 2.34. The summed E-state index contributed by atoms with van der Waals surface area (Å²) in [5.41, 5.74) is 2.29. The van der Waals surface area contributed by atoms with Crippen LogP contribution in [0, 0.1) is 5.92 Å². The van der Waals surface area contributed by atoms with Crippen LogP contribution >= 0.6 is 0 Å². The van der Waals surface area contributed by atoms with E-state index in [1.807, 2.05) is 36.4 Å². The average molecular weight is 296 g/mol. The maximum Gasteiger partial charge on any atom is 0.133 e. The average Bonchev–Trinajstić information content (AvgIpc) is 2.99. The van der Waals surface area contributed by atoms with E-state index in [9.17, 15) is 4.79 Å². The number of methoxy groups -OCH3 is 1. The van der Waals surface area contributed by atoms with Gasteiger partial charge in [-0.1, -0.05) is 24.3 Å². The molecular weight excluding hydrogens is 276 g/mol. The Morgan fingerprint density at radius 3 is 2.05 bits per heavy atom. The Balaban J connectivity index is 1.60. The van der Waals surface area contributed by atoms with Crippen LogP contribution in [0.2, 0.25) is 0 Å². The van der Waals surface area contributed by atoms with Crippen LogP contribution in [-0.4, -0.2) is 19.5 Å². The third kappa shape index (κ3) is 3.48. The zero-order valence-corrected chi connectivity index (χ0v) is 12.7. The normalized spacial score (nSPS) is 17.5. The highest BCUT2D eigenvalue weighted by atomic mass is 16.5. The van der Waals surface area contributed by atoms with Crippen LogP contribution in [0.5, 0.6) is 11.5 Å². The second-order valence-corrected chi connectivity index (χ2v) is 5.71. The molecule has 1 unspecified atom stereocenters. The van der Waals surface area contributed by atoms with E-state index in [1.165, 1.54) is 0 Å². The minimum atomic E-state index is 0.364. The number of benzene rings is 2. The van der Waals surface area contributed by atoms with Crippen molar-refractivity contribution in [3.8, 4) is 22.6 Å². The summed E-state index contributed by atoms with van der Waals surface area (Å²) in [5, 5.41) is 0. The van der Waals surface area contributed by atoms with E-state index in [0.717, 1.165) is 29.0 Å². The summed E-state index contributed by atoms with van der Waals surface area (Å²) < 4.78 is 11.0. The Hall–Kier alpha value is -2.29. The van der Waals surface area contributed by atoms with Crippen LogP contribution in [0.15, 0.2) is 48.5 Å². The van der Waals surface area contributed by atoms with Gasteiger partial charge in [0.1, 0.15) is 17.3 Å². The molecule has 1 aliphatic carbocycles. The topological polar surface area (TPSA) is 35.5 Å². The molecule has 0 aliphatic heterocycles. The van der Waals surface area contributed by atoms with Gasteiger partial charge in [0.15, 0.2) is 0 Å². The number of ether oxygens (including phenoxy) is 2. The summed E-state index contributed by atoms with van der Waals surface area (Å²) in [5.74, 6) is 2.46. The van der Waals surface area contributed by atoms with Crippen molar-refractivity contribution in [3.05, 3.63) is 48.5 Å². The molecule has 0 N–H and O–H groups in total. The molecule has 0 amide bonds. The summed E-state index contributed by atoms with van der Waals surface area (Å²) >= 11 is 0. The van der Waals surface area contributed by atoms with Gasteiger partial charge < -0.3 is 9.47 Å². The van der Waals surface area contributed by atoms with E-state index in [1.54, 1.807) is 7.11 Å². The van der Waals surface area contributed by atoms with Gasteiger partial charge in [0.25, 0.3) is 0 Å². The van der Waals surface area contributed by atoms with Crippen LogP contribution in [-0.2, 0) is 4.79 Å². The first-order chi connectivity index (χ1) is 10.7. The summed E-state index contributed by atoms with van der Waals surface area (Å²) in [7, 11) is 1.67. The van der Waals surface area contributed by atoms with Crippen molar-refractivity contribution in [1.29, 1.82) is 0 Å². The molecule has 3 heteroatoms. The van der Waals surface area contributed by atoms with Crippen LogP contribution in [0.3, 0.4) is 0 Å². The molecule has 1 aliphatic rings. The Labute approximate surface area is 130 Å². The van der Waals surface area contributed by atoms with Crippen molar-refractivity contribution < 1.29 is 14.3 Å². The van der Waals surface area contributed by atoms with Gasteiger partial charge >= 0.3 is 0 Å². The fourth-order valence-corrected chi connectivity index (χ4v) is 2.77. The second kappa shape index (κ2) is 6.65. The molecule has 1 saturated carbocycles. The van der Waals surface area contributed by atoms with Crippen molar-refractivity contribution >= 4 is 5.78 Å². The van der Waals surface area contributed by atoms with Gasteiger partial charge in [0.2, 0.25) is 0 Å². The summed E-state index contributed by atoms with van der Waals surface area (Å²) in [6, 6.07) is 16.1. The molecule has 1 fully saturated rings. The smallest absolute Gasteiger partial charge is 0.133 e. The fourth-order valence-electron chi connectivity index (χ4n) is 2.77. The van der Waals surface area contributed by atoms with Crippen LogP contribution in [0.25, 0.3) is 11.1 Å². The Bertz CT molecular complexity index is 629. The number of carbonyl (C=O) groups excluding carboxylic acids is 1. The first kappa shape index (κ1) is 14.6.